The van der Waals surface area contributed by atoms with Gasteiger partial charge in [0.1, 0.15) is 11.8 Å². The number of benzene rings is 2. The summed E-state index contributed by atoms with van der Waals surface area (Å²) in [7, 11) is 0. The van der Waals surface area contributed by atoms with Gasteiger partial charge in [-0.2, -0.15) is 5.10 Å². The van der Waals surface area contributed by atoms with Crippen molar-refractivity contribution in [3.8, 4) is 5.69 Å². The minimum atomic E-state index is -0.288. The smallest absolute Gasteiger partial charge is 0.310 e. The summed E-state index contributed by atoms with van der Waals surface area (Å²) in [5.74, 6) is -0.288. The largest absolute Gasteiger partial charge is 0.460 e. The van der Waals surface area contributed by atoms with Gasteiger partial charge < -0.3 is 4.74 Å². The number of nitrogens with zero attached hydrogens (tertiary/aromatic N) is 2. The van der Waals surface area contributed by atoms with Gasteiger partial charge in [0.2, 0.25) is 0 Å². The van der Waals surface area contributed by atoms with Gasteiger partial charge in [-0.1, -0.05) is 60.1 Å². The Balaban J connectivity index is 1.70. The summed E-state index contributed by atoms with van der Waals surface area (Å²) in [5, 5.41) is 4.90. The molecule has 5 heteroatoms. The van der Waals surface area contributed by atoms with E-state index >= 15 is 0 Å². The van der Waals surface area contributed by atoms with Crippen molar-refractivity contribution >= 4 is 17.6 Å². The summed E-state index contributed by atoms with van der Waals surface area (Å²) >= 11 is 6.42. The van der Waals surface area contributed by atoms with Crippen LogP contribution in [0.4, 0.5) is 0 Å². The number of aryl methyl sites for hydroxylation is 1. The number of hydrogen-bond donors (Lipinski definition) is 0. The average Bonchev–Trinajstić information content (AvgIpc) is 2.89. The second-order valence-electron chi connectivity index (χ2n) is 5.43. The van der Waals surface area contributed by atoms with Gasteiger partial charge in [-0.15, -0.1) is 0 Å². The Morgan fingerprint density at radius 2 is 1.71 bits per heavy atom. The number of carbonyl (C=O) groups excluding carboxylic acids is 1. The summed E-state index contributed by atoms with van der Waals surface area (Å²) in [6.07, 6.45) is 0.240. The van der Waals surface area contributed by atoms with Crippen LogP contribution >= 0.6 is 11.6 Å². The first kappa shape index (κ1) is 16.3. The number of para-hydroxylation sites is 1. The third-order valence-electron chi connectivity index (χ3n) is 3.69. The van der Waals surface area contributed by atoms with Gasteiger partial charge in [0, 0.05) is 5.56 Å². The van der Waals surface area contributed by atoms with Crippen molar-refractivity contribution in [2.24, 2.45) is 0 Å². The molecule has 0 amide bonds. The number of ether oxygens (including phenoxy) is 1. The molecule has 0 aliphatic heterocycles. The lowest BCUT2D eigenvalue weighted by atomic mass is 10.2. The predicted molar refractivity (Wildman–Crippen MR) is 93.3 cm³/mol. The minimum Gasteiger partial charge on any atom is -0.460 e. The van der Waals surface area contributed by atoms with Crippen molar-refractivity contribution in [1.29, 1.82) is 0 Å². The molecule has 0 aliphatic carbocycles. The third kappa shape index (κ3) is 3.66. The fraction of sp³-hybridized carbons (Fsp3) is 0.158. The van der Waals surface area contributed by atoms with E-state index < -0.39 is 0 Å². The molecule has 0 atom stereocenters. The fourth-order valence-electron chi connectivity index (χ4n) is 2.40. The quantitative estimate of drug-likeness (QED) is 0.656. The molecule has 0 fully saturated rings. The topological polar surface area (TPSA) is 44.1 Å². The lowest BCUT2D eigenvalue weighted by Gasteiger charge is -2.06. The van der Waals surface area contributed by atoms with Crippen molar-refractivity contribution in [1.82, 2.24) is 9.78 Å². The van der Waals surface area contributed by atoms with Crippen molar-refractivity contribution < 1.29 is 9.53 Å². The van der Waals surface area contributed by atoms with Gasteiger partial charge in [-0.05, 0) is 24.6 Å². The second kappa shape index (κ2) is 7.32. The highest BCUT2D eigenvalue weighted by molar-refractivity contribution is 6.30. The van der Waals surface area contributed by atoms with E-state index in [4.69, 9.17) is 16.3 Å². The predicted octanol–water partition coefficient (Wildman–Crippen LogP) is 4.12. The normalized spacial score (nSPS) is 10.6. The number of hydrogen-bond acceptors (Lipinski definition) is 3. The highest BCUT2D eigenvalue weighted by Crippen LogP contribution is 2.24. The standard InChI is InChI=1S/C19H17ClN2O2/c1-14-17(13-24-18(23)12-15-8-4-2-5-9-15)19(20)22(21-14)16-10-6-3-7-11-16/h2-11H,12-13H2,1H3. The molecule has 24 heavy (non-hydrogen) atoms. The molecule has 1 aromatic heterocycles. The molecule has 4 nitrogen and oxygen atoms in total. The van der Waals surface area contributed by atoms with Crippen LogP contribution in [-0.4, -0.2) is 15.7 Å². The first-order chi connectivity index (χ1) is 11.6. The van der Waals surface area contributed by atoms with Crippen molar-refractivity contribution in [3.05, 3.63) is 82.6 Å². The number of carbonyl (C=O) groups is 1. The van der Waals surface area contributed by atoms with Crippen molar-refractivity contribution in [3.63, 3.8) is 0 Å². The Labute approximate surface area is 145 Å². The summed E-state index contributed by atoms with van der Waals surface area (Å²) in [4.78, 5) is 12.0. The molecular formula is C19H17ClN2O2. The molecule has 3 aromatic rings. The lowest BCUT2D eigenvalue weighted by molar-refractivity contribution is -0.144. The number of aromatic nitrogens is 2. The molecule has 0 unspecified atom stereocenters. The van der Waals surface area contributed by atoms with Gasteiger partial charge in [0.25, 0.3) is 0 Å². The molecule has 0 saturated heterocycles. The van der Waals surface area contributed by atoms with Gasteiger partial charge in [-0.3, -0.25) is 4.79 Å². The number of halogens is 1. The Kier molecular flexibility index (Phi) is 4.96. The molecular weight excluding hydrogens is 324 g/mol. The summed E-state index contributed by atoms with van der Waals surface area (Å²) in [6, 6.07) is 19.1. The fourth-order valence-corrected chi connectivity index (χ4v) is 2.73. The van der Waals surface area contributed by atoms with Crippen LogP contribution in [0.25, 0.3) is 5.69 Å². The highest BCUT2D eigenvalue weighted by atomic mass is 35.5. The SMILES string of the molecule is Cc1nn(-c2ccccc2)c(Cl)c1COC(=O)Cc1ccccc1. The molecule has 0 saturated carbocycles. The van der Waals surface area contributed by atoms with Gasteiger partial charge >= 0.3 is 5.97 Å². The summed E-state index contributed by atoms with van der Waals surface area (Å²) < 4.78 is 7.02. The second-order valence-corrected chi connectivity index (χ2v) is 5.78. The van der Waals surface area contributed by atoms with E-state index in [2.05, 4.69) is 5.10 Å². The third-order valence-corrected chi connectivity index (χ3v) is 4.08. The molecule has 0 bridgehead atoms. The van der Waals surface area contributed by atoms with Crippen LogP contribution in [0.15, 0.2) is 60.7 Å². The first-order valence-electron chi connectivity index (χ1n) is 7.64. The van der Waals surface area contributed by atoms with E-state index in [1.807, 2.05) is 67.6 Å². The zero-order valence-electron chi connectivity index (χ0n) is 13.3. The highest BCUT2D eigenvalue weighted by Gasteiger charge is 2.16. The van der Waals surface area contributed by atoms with E-state index in [1.54, 1.807) is 4.68 Å². The van der Waals surface area contributed by atoms with Gasteiger partial charge in [0.05, 0.1) is 17.8 Å². The molecule has 3 rings (SSSR count). The van der Waals surface area contributed by atoms with E-state index in [0.717, 1.165) is 22.5 Å². The van der Waals surface area contributed by atoms with E-state index in [0.29, 0.717) is 5.15 Å². The summed E-state index contributed by atoms with van der Waals surface area (Å²) in [6.45, 7) is 1.97. The first-order valence-corrected chi connectivity index (χ1v) is 8.02. The van der Waals surface area contributed by atoms with Crippen LogP contribution in [0, 0.1) is 6.92 Å². The number of esters is 1. The van der Waals surface area contributed by atoms with Crippen LogP contribution < -0.4 is 0 Å². The van der Waals surface area contributed by atoms with E-state index in [-0.39, 0.29) is 19.0 Å². The van der Waals surface area contributed by atoms with E-state index in [1.165, 1.54) is 0 Å². The Morgan fingerprint density at radius 3 is 2.38 bits per heavy atom. The molecule has 0 spiro atoms. The lowest BCUT2D eigenvalue weighted by Crippen LogP contribution is -2.08. The molecule has 2 aromatic carbocycles. The van der Waals surface area contributed by atoms with Crippen LogP contribution in [0.1, 0.15) is 16.8 Å². The Hall–Kier alpha value is -2.59. The maximum Gasteiger partial charge on any atom is 0.310 e. The zero-order chi connectivity index (χ0) is 16.9. The Morgan fingerprint density at radius 1 is 1.08 bits per heavy atom. The molecule has 0 aliphatic rings. The number of rotatable bonds is 5. The van der Waals surface area contributed by atoms with Crippen LogP contribution in [0.2, 0.25) is 5.15 Å². The molecule has 122 valence electrons. The monoisotopic (exact) mass is 340 g/mol. The Bertz CT molecular complexity index is 829. The summed E-state index contributed by atoms with van der Waals surface area (Å²) in [5.41, 5.74) is 3.26. The van der Waals surface area contributed by atoms with Crippen molar-refractivity contribution in [2.45, 2.75) is 20.0 Å². The molecule has 0 N–H and O–H groups in total. The maximum absolute atomic E-state index is 12.0. The van der Waals surface area contributed by atoms with E-state index in [9.17, 15) is 4.79 Å². The molecule has 1 heterocycles. The molecule has 0 radical (unpaired) electrons. The average molecular weight is 341 g/mol. The van der Waals surface area contributed by atoms with Crippen LogP contribution in [0.5, 0.6) is 0 Å². The maximum atomic E-state index is 12.0. The van der Waals surface area contributed by atoms with Crippen molar-refractivity contribution in [2.75, 3.05) is 0 Å². The van der Waals surface area contributed by atoms with Crippen LogP contribution in [0.3, 0.4) is 0 Å². The zero-order valence-corrected chi connectivity index (χ0v) is 14.0. The minimum absolute atomic E-state index is 0.114. The van der Waals surface area contributed by atoms with Gasteiger partial charge in [0.15, 0.2) is 0 Å². The van der Waals surface area contributed by atoms with Crippen LogP contribution in [-0.2, 0) is 22.6 Å². The van der Waals surface area contributed by atoms with Gasteiger partial charge in [-0.25, -0.2) is 4.68 Å².